The monoisotopic (exact) mass is 1380 g/mol. The molecule has 0 spiro atoms. The minimum Gasteiger partial charge on any atom is -0.491 e. The zero-order chi connectivity index (χ0) is 68.4. The van der Waals surface area contributed by atoms with Crippen LogP contribution < -0.4 is 40.0 Å². The predicted octanol–water partition coefficient (Wildman–Crippen LogP) is 17.9. The second-order valence-electron chi connectivity index (χ2n) is 21.7. The second-order valence-corrected chi connectivity index (χ2v) is 27.5. The number of hydrogen-bond acceptors (Lipinski definition) is 18. The number of carboxylic acid groups (broad SMARTS) is 1. The van der Waals surface area contributed by atoms with Gasteiger partial charge in [-0.2, -0.15) is 0 Å². The Morgan fingerprint density at radius 2 is 0.811 bits per heavy atom. The van der Waals surface area contributed by atoms with E-state index in [1.807, 2.05) is 33.1 Å². The standard InChI is InChI=1S/C35H32F2NO7PS.C32H31F2O7P.C3H4N2S/c1-22(2)43-29-17-27(34(39)45-35-38-13-14-47-35)18-30(19-29)44-28-9-11-31(12-10-28)46(40,41-20-25-7-5-23(3)32(36)15-25)42-21-26-8-6-24(4)33(37)16-26;1-20(2)40-27-15-25(32(35)36)16-28(17-27)41-26-9-11-29(12-10-26)42(37,38-18-23-7-5-21(3)30(33)13-23)39-19-24-8-6-22(4)31(34)14-24;4-3-5-1-2-6-3/h5-19,22H,20-21H2,1-4H3;5-17,20H,18-19H2,1-4H3,(H,35,36);1-2H,(H2,4,5). The molecule has 0 saturated heterocycles. The van der Waals surface area contributed by atoms with Gasteiger partial charge < -0.3 is 52.6 Å². The first-order valence-corrected chi connectivity index (χ1v) is 34.1. The third-order valence-corrected chi connectivity index (χ3v) is 18.3. The van der Waals surface area contributed by atoms with Gasteiger partial charge in [0.15, 0.2) is 5.13 Å². The fourth-order valence-electron chi connectivity index (χ4n) is 8.40. The molecule has 0 radical (unpaired) electrons. The quantitative estimate of drug-likeness (QED) is 0.0308. The number of aromatic carboxylic acids is 1. The lowest BCUT2D eigenvalue weighted by molar-refractivity contribution is 0.0693. The first kappa shape index (κ1) is 71.8. The Morgan fingerprint density at radius 1 is 0.463 bits per heavy atom. The van der Waals surface area contributed by atoms with Gasteiger partial charge in [-0.3, -0.25) is 9.13 Å². The maximum absolute atomic E-state index is 14.2. The molecule has 95 heavy (non-hydrogen) atoms. The summed E-state index contributed by atoms with van der Waals surface area (Å²) >= 11 is 2.63. The van der Waals surface area contributed by atoms with Gasteiger partial charge in [-0.1, -0.05) is 59.9 Å². The first-order chi connectivity index (χ1) is 45.3. The Kier molecular flexibility index (Phi) is 25.2. The van der Waals surface area contributed by atoms with E-state index in [4.69, 9.17) is 47.5 Å². The number of aryl methyl sites for hydroxylation is 4. The highest BCUT2D eigenvalue weighted by Gasteiger charge is 2.31. The molecule has 10 rings (SSSR count). The summed E-state index contributed by atoms with van der Waals surface area (Å²) in [7, 11) is -8.02. The fraction of sp³-hybridized carbons (Fsp3) is 0.200. The van der Waals surface area contributed by atoms with Gasteiger partial charge in [-0.25, -0.2) is 37.1 Å². The van der Waals surface area contributed by atoms with E-state index in [9.17, 15) is 41.4 Å². The molecule has 0 aliphatic rings. The fourth-order valence-corrected chi connectivity index (χ4v) is 12.3. The molecule has 17 nitrogen and oxygen atoms in total. The molecule has 2 heterocycles. The summed E-state index contributed by atoms with van der Waals surface area (Å²) in [6.45, 7) is 13.1. The van der Waals surface area contributed by atoms with E-state index in [1.54, 1.807) is 118 Å². The van der Waals surface area contributed by atoms with Crippen molar-refractivity contribution in [3.8, 4) is 39.7 Å². The molecule has 25 heteroatoms. The van der Waals surface area contributed by atoms with Crippen LogP contribution in [0.2, 0.25) is 0 Å². The van der Waals surface area contributed by atoms with E-state index < -0.39 is 50.4 Å². The van der Waals surface area contributed by atoms with Crippen LogP contribution in [0.15, 0.2) is 181 Å². The zero-order valence-corrected chi connectivity index (χ0v) is 56.2. The van der Waals surface area contributed by atoms with Crippen LogP contribution in [-0.4, -0.2) is 39.2 Å². The molecule has 0 aliphatic carbocycles. The normalized spacial score (nSPS) is 11.3. The Morgan fingerprint density at radius 3 is 1.12 bits per heavy atom. The van der Waals surface area contributed by atoms with Crippen LogP contribution >= 0.6 is 37.9 Å². The van der Waals surface area contributed by atoms with E-state index in [2.05, 4.69) is 9.97 Å². The van der Waals surface area contributed by atoms with Gasteiger partial charge in [-0.15, -0.1) is 11.3 Å². The van der Waals surface area contributed by atoms with Crippen molar-refractivity contribution in [3.05, 3.63) is 260 Å². The number of nitrogen functional groups attached to an aromatic ring is 1. The highest BCUT2D eigenvalue weighted by molar-refractivity contribution is 7.62. The summed E-state index contributed by atoms with van der Waals surface area (Å²) in [5, 5.41) is 14.2. The van der Waals surface area contributed by atoms with Crippen LogP contribution in [0.4, 0.5) is 22.7 Å². The van der Waals surface area contributed by atoms with Gasteiger partial charge in [-0.05, 0) is 197 Å². The number of nitrogens with zero attached hydrogens (tertiary/aromatic N) is 2. The molecule has 0 unspecified atom stereocenters. The molecule has 0 bridgehead atoms. The van der Waals surface area contributed by atoms with Crippen LogP contribution in [0, 0.1) is 51.0 Å². The number of aromatic nitrogens is 2. The van der Waals surface area contributed by atoms with Crippen molar-refractivity contribution >= 4 is 65.5 Å². The topological polar surface area (TPSA) is 223 Å². The van der Waals surface area contributed by atoms with Crippen LogP contribution in [0.3, 0.4) is 0 Å². The molecule has 0 saturated carbocycles. The number of esters is 1. The molecule has 496 valence electrons. The highest BCUT2D eigenvalue weighted by atomic mass is 32.1. The number of carboxylic acids is 1. The number of anilines is 1. The van der Waals surface area contributed by atoms with E-state index in [0.717, 1.165) is 0 Å². The Labute approximate surface area is 555 Å². The van der Waals surface area contributed by atoms with Crippen molar-refractivity contribution in [2.45, 2.75) is 94.0 Å². The van der Waals surface area contributed by atoms with Crippen LogP contribution in [0.25, 0.3) is 0 Å². The summed E-state index contributed by atoms with van der Waals surface area (Å²) in [4.78, 5) is 32.1. The largest absolute Gasteiger partial charge is 0.491 e. The summed E-state index contributed by atoms with van der Waals surface area (Å²) in [6.07, 6.45) is 2.86. The number of benzene rings is 8. The molecule has 0 aliphatic heterocycles. The molecular weight excluding hydrogens is 1310 g/mol. The average Bonchev–Trinajstić information content (AvgIpc) is 1.00. The number of hydrogen-bond donors (Lipinski definition) is 2. The SMILES string of the molecule is Cc1ccc(COP(=O)(OCc2ccc(C)c(F)c2)c2ccc(Oc3cc(OC(C)C)cc(C(=O)O)c3)cc2)cc1F.Cc1ccc(COP(=O)(OCc2ccc(C)c(F)c2)c2ccc(Oc3cc(OC(C)C)cc(C(=O)Oc4nccs4)c3)cc2)cc1F.Nc1nccs1. The van der Waals surface area contributed by atoms with Crippen molar-refractivity contribution in [2.75, 3.05) is 5.73 Å². The molecule has 2 aromatic heterocycles. The lowest BCUT2D eigenvalue weighted by atomic mass is 10.1. The van der Waals surface area contributed by atoms with Crippen molar-refractivity contribution in [1.29, 1.82) is 0 Å². The van der Waals surface area contributed by atoms with E-state index in [-0.39, 0.29) is 71.3 Å². The summed E-state index contributed by atoms with van der Waals surface area (Å²) < 4.78 is 137. The van der Waals surface area contributed by atoms with Gasteiger partial charge in [0.2, 0.25) is 0 Å². The number of nitrogens with two attached hydrogens (primary N) is 1. The zero-order valence-electron chi connectivity index (χ0n) is 52.8. The Bertz CT molecular complexity index is 4220. The molecule has 0 atom stereocenters. The number of carbonyl (C=O) groups excluding carboxylic acids is 1. The van der Waals surface area contributed by atoms with E-state index >= 15 is 0 Å². The van der Waals surface area contributed by atoms with Gasteiger partial charge in [0.25, 0.3) is 5.19 Å². The third-order valence-electron chi connectivity index (χ3n) is 13.4. The minimum atomic E-state index is -4.02. The summed E-state index contributed by atoms with van der Waals surface area (Å²) in [6, 6.07) is 39.5. The maximum atomic E-state index is 14.2. The average molecular weight is 1380 g/mol. The van der Waals surface area contributed by atoms with E-state index in [0.29, 0.717) is 78.4 Å². The smallest absolute Gasteiger partial charge is 0.361 e. The number of rotatable bonds is 25. The number of carbonyl (C=O) groups is 2. The van der Waals surface area contributed by atoms with Crippen molar-refractivity contribution in [2.24, 2.45) is 0 Å². The van der Waals surface area contributed by atoms with Crippen molar-refractivity contribution in [1.82, 2.24) is 9.97 Å². The molecule has 0 amide bonds. The predicted molar refractivity (Wildman–Crippen MR) is 356 cm³/mol. The maximum Gasteiger partial charge on any atom is 0.361 e. The lowest BCUT2D eigenvalue weighted by Gasteiger charge is -2.20. The van der Waals surface area contributed by atoms with Gasteiger partial charge in [0.1, 0.15) is 57.8 Å². The molecule has 0 fully saturated rings. The molecule has 8 aromatic carbocycles. The summed E-state index contributed by atoms with van der Waals surface area (Å²) in [5.74, 6) is -1.51. The molecule has 10 aromatic rings. The van der Waals surface area contributed by atoms with Gasteiger partial charge >= 0.3 is 27.1 Å². The van der Waals surface area contributed by atoms with E-state index in [1.165, 1.54) is 108 Å². The van der Waals surface area contributed by atoms with Gasteiger partial charge in [0, 0.05) is 35.3 Å². The second kappa shape index (κ2) is 33.4. The van der Waals surface area contributed by atoms with Crippen molar-refractivity contribution < 1.29 is 83.2 Å². The number of ether oxygens (including phenoxy) is 5. The Hall–Kier alpha value is -9.02. The summed E-state index contributed by atoms with van der Waals surface area (Å²) in [5.41, 5.74) is 9.08. The minimum absolute atomic E-state index is 0.00819. The van der Waals surface area contributed by atoms with Crippen molar-refractivity contribution in [3.63, 3.8) is 0 Å². The molecule has 3 N–H and O–H groups in total. The Balaban J connectivity index is 0.000000224. The van der Waals surface area contributed by atoms with Crippen LogP contribution in [0.5, 0.6) is 39.7 Å². The van der Waals surface area contributed by atoms with Crippen LogP contribution in [0.1, 0.15) is 92.9 Å². The number of thiazole rings is 2. The lowest BCUT2D eigenvalue weighted by Crippen LogP contribution is -2.11. The van der Waals surface area contributed by atoms with Gasteiger partial charge in [0.05, 0.1) is 60.4 Å². The van der Waals surface area contributed by atoms with Crippen LogP contribution in [-0.2, 0) is 53.7 Å². The first-order valence-electron chi connectivity index (χ1n) is 29.3. The number of halogens is 4. The third kappa shape index (κ3) is 21.5. The molecular formula is C70H67F4N3O14P2S2. The highest BCUT2D eigenvalue weighted by Crippen LogP contribution is 2.50.